The number of fused-ring (bicyclic) bond motifs is 2. The molecule has 32 nitrogen and oxygen atoms in total. The maximum absolute atomic E-state index is 12.7. The molecular weight excluding hydrogens is 1690 g/mol. The van der Waals surface area contributed by atoms with E-state index in [0.717, 1.165) is 11.4 Å². The third kappa shape index (κ3) is 27.4. The van der Waals surface area contributed by atoms with Gasteiger partial charge in [0.15, 0.2) is 5.11 Å². The second-order valence-corrected chi connectivity index (χ2v) is 39.3. The van der Waals surface area contributed by atoms with Crippen molar-refractivity contribution in [1.29, 1.82) is 0 Å². The largest absolute Gasteiger partial charge is 0.465 e. The highest BCUT2D eigenvalue weighted by Gasteiger charge is 2.56. The van der Waals surface area contributed by atoms with Gasteiger partial charge in [-0.2, -0.15) is 0 Å². The van der Waals surface area contributed by atoms with Gasteiger partial charge in [0, 0.05) is 75.1 Å². The normalized spacial score (nSPS) is 23.5. The summed E-state index contributed by atoms with van der Waals surface area (Å²) in [4.78, 5) is 102. The Morgan fingerprint density at radius 2 is 0.798 bits per heavy atom. The first-order valence-electron chi connectivity index (χ1n) is 39.1. The number of anilines is 4. The van der Waals surface area contributed by atoms with Gasteiger partial charge >= 0.3 is 18.3 Å². The number of hydrogen-bond acceptors (Lipinski definition) is 30. The molecular formula is C87H127N15O17S5. The first-order chi connectivity index (χ1) is 56.1. The number of aliphatic imine (C=N–C) groups is 2. The molecule has 0 radical (unpaired) electrons. The van der Waals surface area contributed by atoms with Gasteiger partial charge in [-0.1, -0.05) is 84.3 Å². The van der Waals surface area contributed by atoms with Crippen LogP contribution in [-0.4, -0.2) is 175 Å². The second kappa shape index (κ2) is 41.9. The number of nitrogens with two attached hydrogens (primary N) is 2. The number of aromatic nitrogens is 4. The van der Waals surface area contributed by atoms with Gasteiger partial charge in [-0.25, -0.2) is 44.3 Å². The molecule has 6 aliphatic heterocycles. The quantitative estimate of drug-likeness (QED) is 0.0377. The SMILES string of the molecule is C.C.C.C.CC(C)(C)OC(=O)Nc1csc([C@]2(N)COC(C)(C)C[C@H]2CO)n1.CC(C)(C)OC(=O)Nc1csc([C@]2(NC(=S)NC(=O)c3ccccc3)COC(C)(C)C[C@H]2CO)n1.CC(C)(C)OC(=O)Nc1csc([C@]23COC(C)(C)C[C@H]2COC(NC(=O)c2ccccc2)=N3)n1.CC1(C)C[C@H]2COC(NC(=O)c3ccccc3)=N[C@@]2(c2nc(N)cs2)CO1. The highest BCUT2D eigenvalue weighted by Crippen LogP contribution is 2.50. The first-order valence-corrected chi connectivity index (χ1v) is 43.1. The number of amides is 6. The van der Waals surface area contributed by atoms with Crippen LogP contribution < -0.4 is 48.7 Å². The number of rotatable bonds is 13. The van der Waals surface area contributed by atoms with Crippen LogP contribution in [0.5, 0.6) is 0 Å². The van der Waals surface area contributed by atoms with E-state index in [-0.39, 0.29) is 138 Å². The van der Waals surface area contributed by atoms with E-state index in [1.54, 1.807) is 144 Å². The highest BCUT2D eigenvalue weighted by molar-refractivity contribution is 7.80. The zero-order chi connectivity index (χ0) is 87.7. The minimum absolute atomic E-state index is 0. The maximum atomic E-state index is 12.7. The van der Waals surface area contributed by atoms with Gasteiger partial charge < -0.3 is 69.6 Å². The van der Waals surface area contributed by atoms with Crippen molar-refractivity contribution < 1.29 is 81.6 Å². The number of thiazole rings is 4. The smallest absolute Gasteiger partial charge is 0.413 e. The Morgan fingerprint density at radius 3 is 1.19 bits per heavy atom. The molecule has 0 saturated carbocycles. The average Bonchev–Trinajstić information content (AvgIpc) is 1.28. The monoisotopic (exact) mass is 1810 g/mol. The lowest BCUT2D eigenvalue weighted by atomic mass is 9.76. The van der Waals surface area contributed by atoms with E-state index in [0.29, 0.717) is 94.1 Å². The molecule has 13 rings (SSSR count). The number of nitrogen functional groups attached to an aromatic ring is 1. The highest BCUT2D eigenvalue weighted by atomic mass is 32.1. The van der Waals surface area contributed by atoms with Crippen LogP contribution in [-0.2, 0) is 64.8 Å². The van der Waals surface area contributed by atoms with Gasteiger partial charge in [0.05, 0.1) is 67.6 Å². The van der Waals surface area contributed by atoms with Gasteiger partial charge in [0.1, 0.15) is 76.7 Å². The number of hydrogen-bond donors (Lipinski definition) is 11. The van der Waals surface area contributed by atoms with Crippen molar-refractivity contribution in [3.63, 3.8) is 0 Å². The third-order valence-electron chi connectivity index (χ3n) is 19.9. The molecule has 13 N–H and O–H groups in total. The summed E-state index contributed by atoms with van der Waals surface area (Å²) >= 11 is 10.9. The van der Waals surface area contributed by atoms with Crippen LogP contribution in [0, 0.1) is 23.7 Å². The molecule has 37 heteroatoms. The Morgan fingerprint density at radius 1 is 0.460 bits per heavy atom. The lowest BCUT2D eigenvalue weighted by molar-refractivity contribution is -0.129. The molecule has 0 bridgehead atoms. The summed E-state index contributed by atoms with van der Waals surface area (Å²) in [6.07, 6.45) is 0.854. The molecule has 0 aliphatic carbocycles. The molecule has 6 amide bonds. The number of thiocarbonyl (C=S) groups is 1. The fraction of sp³-hybridized carbons (Fsp3) is 0.552. The molecule has 682 valence electrons. The summed E-state index contributed by atoms with van der Waals surface area (Å²) < 4.78 is 51.7. The van der Waals surface area contributed by atoms with Crippen molar-refractivity contribution in [1.82, 2.24) is 41.2 Å². The van der Waals surface area contributed by atoms with Gasteiger partial charge in [-0.15, -0.1) is 45.3 Å². The number of ether oxygens (including phenoxy) is 9. The first kappa shape index (κ1) is 104. The lowest BCUT2D eigenvalue weighted by Gasteiger charge is -2.48. The maximum Gasteiger partial charge on any atom is 0.413 e. The van der Waals surface area contributed by atoms with Crippen LogP contribution in [0.25, 0.3) is 0 Å². The van der Waals surface area contributed by atoms with Gasteiger partial charge in [0.25, 0.3) is 29.8 Å². The Balaban J connectivity index is 0.000000255. The number of amidine groups is 2. The summed E-state index contributed by atoms with van der Waals surface area (Å²) in [6, 6.07) is 26.9. The van der Waals surface area contributed by atoms with E-state index in [1.807, 2.05) is 71.9 Å². The molecule has 4 saturated heterocycles. The van der Waals surface area contributed by atoms with E-state index < -0.39 is 62.8 Å². The Hall–Kier alpha value is -9.25. The Bertz CT molecular complexity index is 4810. The lowest BCUT2D eigenvalue weighted by Crippen LogP contribution is -2.62. The fourth-order valence-electron chi connectivity index (χ4n) is 14.1. The molecule has 124 heavy (non-hydrogen) atoms. The molecule has 4 fully saturated rings. The predicted octanol–water partition coefficient (Wildman–Crippen LogP) is 15.7. The molecule has 3 aromatic carbocycles. The number of carbonyl (C=O) groups is 6. The second-order valence-electron chi connectivity index (χ2n) is 35.5. The Labute approximate surface area is 749 Å². The summed E-state index contributed by atoms with van der Waals surface area (Å²) in [5.74, 6) is 0.168. The van der Waals surface area contributed by atoms with Crippen LogP contribution in [0.3, 0.4) is 0 Å². The number of benzene rings is 3. The van der Waals surface area contributed by atoms with Crippen LogP contribution in [0.1, 0.15) is 224 Å². The number of carbonyl (C=O) groups excluding carboxylic acids is 6. The number of nitrogens with zero attached hydrogens (tertiary/aromatic N) is 6. The van der Waals surface area contributed by atoms with Crippen molar-refractivity contribution in [3.8, 4) is 0 Å². The molecule has 8 atom stereocenters. The van der Waals surface area contributed by atoms with Crippen molar-refractivity contribution in [2.75, 3.05) is 74.5 Å². The van der Waals surface area contributed by atoms with Gasteiger partial charge in [-0.3, -0.25) is 46.3 Å². The molecule has 7 aromatic rings. The Kier molecular flexibility index (Phi) is 35.0. The summed E-state index contributed by atoms with van der Waals surface area (Å²) in [7, 11) is 0. The third-order valence-corrected chi connectivity index (χ3v) is 24.2. The number of aliphatic hydroxyl groups excluding tert-OH is 2. The van der Waals surface area contributed by atoms with Gasteiger partial charge in [-0.05, 0) is 192 Å². The molecule has 0 unspecified atom stereocenters. The fourth-order valence-corrected chi connectivity index (χ4v) is 18.1. The zero-order valence-corrected chi connectivity index (χ0v) is 74.7. The van der Waals surface area contributed by atoms with E-state index in [4.69, 9.17) is 76.3 Å². The van der Waals surface area contributed by atoms with Crippen LogP contribution in [0.15, 0.2) is 123 Å². The number of aliphatic hydroxyl groups is 2. The van der Waals surface area contributed by atoms with Crippen LogP contribution >= 0.6 is 57.6 Å². The van der Waals surface area contributed by atoms with E-state index in [2.05, 4.69) is 71.0 Å². The molecule has 0 spiro atoms. The van der Waals surface area contributed by atoms with Crippen molar-refractivity contribution >= 4 is 134 Å². The molecule has 6 aliphatic rings. The standard InChI is InChI=1S/C24H32N4O5S2.C24H30N4O5S.C19H22N4O3S.C16H27N3O4S.4CH4/c1-22(2,3)33-21(31)26-17-13-35-19(25-17)24(14-32-23(4,5)11-16(24)12-29)28-20(34)27-18(30)15-9-7-6-8-10-15;1-22(2,3)33-21(30)26-17-13-34-19(25-17)24-14-32-23(4,5)11-16(24)12-31-20(28-24)27-18(29)15-9-7-6-8-10-15;1-18(2)8-13-9-25-17(22-15(24)12-6-4-3-5-7-12)23-19(13,11-26-18)16-21-14(20)10-27-16;1-14(2,3)23-13(21)19-11-8-24-12(18-11)16(17)9-22-15(4,5)6-10(16)7-20;;;;/h6-10,13,16,29H,11-12,14H2,1-5H3,(H,26,31)(H2,27,28,30,34);6-10,13,16H,11-12,14H2,1-5H3,(H,26,30)(H,27,28,29);3-7,10,13H,8-9,11,20H2,1-2H3,(H,22,23,24);8,10,20H,6-7,9,17H2,1-5H3,(H,19,21);4*1H4/t2*16-,24-;13-,19-;10-,16-;;;;/m0000..../s1. The van der Waals surface area contributed by atoms with Crippen molar-refractivity contribution in [2.45, 2.75) is 234 Å². The predicted molar refractivity (Wildman–Crippen MR) is 491 cm³/mol. The number of nitrogens with one attached hydrogen (secondary N) is 7. The van der Waals surface area contributed by atoms with E-state index >= 15 is 0 Å². The zero-order valence-electron chi connectivity index (χ0n) is 70.7. The molecule has 4 aromatic heterocycles. The van der Waals surface area contributed by atoms with Crippen molar-refractivity contribution in [2.24, 2.45) is 39.4 Å². The van der Waals surface area contributed by atoms with E-state index in [9.17, 15) is 39.0 Å². The van der Waals surface area contributed by atoms with Crippen LogP contribution in [0.2, 0.25) is 0 Å². The van der Waals surface area contributed by atoms with Gasteiger partial charge in [0.2, 0.25) is 0 Å². The minimum Gasteiger partial charge on any atom is -0.465 e. The summed E-state index contributed by atoms with van der Waals surface area (Å²) in [5.41, 5.74) is 7.19. The van der Waals surface area contributed by atoms with E-state index in [1.165, 1.54) is 45.3 Å². The molecule has 10 heterocycles. The average molecular weight is 1820 g/mol. The summed E-state index contributed by atoms with van der Waals surface area (Å²) in [5, 5.41) is 49.1. The minimum atomic E-state index is -1.02. The topological polar surface area (TPSA) is 438 Å². The van der Waals surface area contributed by atoms with Crippen LogP contribution in [0.4, 0.5) is 37.7 Å². The summed E-state index contributed by atoms with van der Waals surface area (Å²) in [6.45, 7) is 33.8. The van der Waals surface area contributed by atoms with Crippen molar-refractivity contribution in [3.05, 3.63) is 149 Å².